The summed E-state index contributed by atoms with van der Waals surface area (Å²) in [6.07, 6.45) is 0. The molecule has 0 spiro atoms. The summed E-state index contributed by atoms with van der Waals surface area (Å²) in [6.45, 7) is 0.102. The maximum Gasteiger partial charge on any atom is 0.246 e. The largest absolute Gasteiger partial charge is 0.508 e. The normalized spacial score (nSPS) is 14.1. The van der Waals surface area contributed by atoms with Crippen LogP contribution in [0, 0.1) is 0 Å². The molecule has 0 unspecified atom stereocenters. The molecule has 1 aliphatic heterocycles. The van der Waals surface area contributed by atoms with Gasteiger partial charge < -0.3 is 10.4 Å². The van der Waals surface area contributed by atoms with Crippen LogP contribution >= 0.6 is 0 Å². The Hall–Kier alpha value is -2.62. The third kappa shape index (κ3) is 2.20. The second kappa shape index (κ2) is 4.57. The van der Waals surface area contributed by atoms with Crippen LogP contribution in [-0.2, 0) is 4.79 Å². The summed E-state index contributed by atoms with van der Waals surface area (Å²) in [7, 11) is 0. The number of para-hydroxylation sites is 1. The van der Waals surface area contributed by atoms with Gasteiger partial charge in [-0.25, -0.2) is 0 Å². The molecule has 3 rings (SSSR count). The zero-order chi connectivity index (χ0) is 13.2. The van der Waals surface area contributed by atoms with Crippen LogP contribution in [0.5, 0.6) is 5.75 Å². The van der Waals surface area contributed by atoms with E-state index in [1.165, 1.54) is 0 Å². The molecule has 94 valence electrons. The number of aromatic hydroxyl groups is 1. The van der Waals surface area contributed by atoms with E-state index in [4.69, 9.17) is 0 Å². The quantitative estimate of drug-likeness (QED) is 0.817. The predicted octanol–water partition coefficient (Wildman–Crippen LogP) is 2.18. The van der Waals surface area contributed by atoms with Crippen LogP contribution in [0.3, 0.4) is 0 Å². The lowest BCUT2D eigenvalue weighted by Crippen LogP contribution is -2.13. The van der Waals surface area contributed by atoms with E-state index in [1.807, 2.05) is 24.3 Å². The summed E-state index contributed by atoms with van der Waals surface area (Å²) >= 11 is 0. The Bertz CT molecular complexity index is 660. The number of anilines is 1. The van der Waals surface area contributed by atoms with E-state index in [0.29, 0.717) is 0 Å². The first kappa shape index (κ1) is 11.5. The van der Waals surface area contributed by atoms with Gasteiger partial charge in [0.2, 0.25) is 5.91 Å². The fourth-order valence-corrected chi connectivity index (χ4v) is 2.09. The number of phenols is 1. The van der Waals surface area contributed by atoms with E-state index >= 15 is 0 Å². The number of rotatable bonds is 1. The number of benzodiazepines with no additional fused rings is 1. The molecule has 0 atom stereocenters. The van der Waals surface area contributed by atoms with Gasteiger partial charge in [-0.1, -0.05) is 18.2 Å². The third-order valence-electron chi connectivity index (χ3n) is 2.98. The Labute approximate surface area is 110 Å². The highest BCUT2D eigenvalue weighted by Gasteiger charge is 2.17. The molecule has 0 aliphatic carbocycles. The van der Waals surface area contributed by atoms with Crippen molar-refractivity contribution >= 4 is 17.3 Å². The molecule has 0 aromatic heterocycles. The zero-order valence-electron chi connectivity index (χ0n) is 10.1. The molecule has 0 bridgehead atoms. The molecule has 0 radical (unpaired) electrons. The standard InChI is InChI=1S/C15H12N2O2/c18-11-7-5-10(6-8-11)15-12-3-1-2-4-13(12)17-14(19)9-16-15/h1-8,18H,9H2,(H,17,19). The smallest absolute Gasteiger partial charge is 0.246 e. The molecule has 2 N–H and O–H groups in total. The Morgan fingerprint density at radius 1 is 1.05 bits per heavy atom. The topological polar surface area (TPSA) is 61.7 Å². The first-order valence-corrected chi connectivity index (χ1v) is 5.97. The molecule has 0 saturated carbocycles. The van der Waals surface area contributed by atoms with Crippen molar-refractivity contribution in [2.75, 3.05) is 11.9 Å². The van der Waals surface area contributed by atoms with Gasteiger partial charge in [0.15, 0.2) is 0 Å². The molecular formula is C15H12N2O2. The SMILES string of the molecule is O=C1CN=C(c2ccc(O)cc2)c2ccccc2N1. The van der Waals surface area contributed by atoms with Crippen molar-refractivity contribution in [3.8, 4) is 5.75 Å². The first-order chi connectivity index (χ1) is 9.24. The number of nitrogens with one attached hydrogen (secondary N) is 1. The maximum absolute atomic E-state index is 11.6. The molecule has 0 fully saturated rings. The average Bonchev–Trinajstić information content (AvgIpc) is 2.58. The second-order valence-corrected chi connectivity index (χ2v) is 4.31. The maximum atomic E-state index is 11.6. The van der Waals surface area contributed by atoms with E-state index in [2.05, 4.69) is 10.3 Å². The number of benzene rings is 2. The minimum absolute atomic E-state index is 0.102. The van der Waals surface area contributed by atoms with Crippen molar-refractivity contribution in [1.29, 1.82) is 0 Å². The van der Waals surface area contributed by atoms with Gasteiger partial charge in [0.05, 0.1) is 11.4 Å². The first-order valence-electron chi connectivity index (χ1n) is 5.97. The molecule has 2 aromatic rings. The molecule has 4 heteroatoms. The van der Waals surface area contributed by atoms with Crippen molar-refractivity contribution in [3.63, 3.8) is 0 Å². The van der Waals surface area contributed by atoms with Crippen LogP contribution in [0.1, 0.15) is 11.1 Å². The number of carbonyl (C=O) groups is 1. The average molecular weight is 252 g/mol. The Morgan fingerprint density at radius 2 is 1.79 bits per heavy atom. The summed E-state index contributed by atoms with van der Waals surface area (Å²) < 4.78 is 0. The highest BCUT2D eigenvalue weighted by atomic mass is 16.3. The van der Waals surface area contributed by atoms with Gasteiger partial charge in [-0.05, 0) is 30.3 Å². The molecule has 19 heavy (non-hydrogen) atoms. The number of fused-ring (bicyclic) bond motifs is 1. The van der Waals surface area contributed by atoms with Gasteiger partial charge in [0.1, 0.15) is 12.3 Å². The number of nitrogens with zero attached hydrogens (tertiary/aromatic N) is 1. The van der Waals surface area contributed by atoms with Crippen LogP contribution in [0.15, 0.2) is 53.5 Å². The van der Waals surface area contributed by atoms with Gasteiger partial charge in [-0.15, -0.1) is 0 Å². The number of hydrogen-bond acceptors (Lipinski definition) is 3. The summed E-state index contributed by atoms with van der Waals surface area (Å²) in [4.78, 5) is 16.0. The van der Waals surface area contributed by atoms with Gasteiger partial charge >= 0.3 is 0 Å². The van der Waals surface area contributed by atoms with E-state index in [1.54, 1.807) is 24.3 Å². The van der Waals surface area contributed by atoms with Crippen LogP contribution < -0.4 is 5.32 Å². The monoisotopic (exact) mass is 252 g/mol. The lowest BCUT2D eigenvalue weighted by Gasteiger charge is -2.09. The molecule has 2 aromatic carbocycles. The molecule has 1 amide bonds. The van der Waals surface area contributed by atoms with Gasteiger partial charge in [0, 0.05) is 11.1 Å². The van der Waals surface area contributed by atoms with Crippen molar-refractivity contribution in [2.45, 2.75) is 0 Å². The van der Waals surface area contributed by atoms with Crippen LogP contribution in [0.2, 0.25) is 0 Å². The minimum atomic E-state index is -0.124. The Kier molecular flexibility index (Phi) is 2.76. The number of aliphatic imine (C=N–C) groups is 1. The van der Waals surface area contributed by atoms with Gasteiger partial charge in [-0.3, -0.25) is 9.79 Å². The zero-order valence-corrected chi connectivity index (χ0v) is 10.1. The van der Waals surface area contributed by atoms with Crippen molar-refractivity contribution in [1.82, 2.24) is 0 Å². The van der Waals surface area contributed by atoms with Crippen LogP contribution in [0.4, 0.5) is 5.69 Å². The van der Waals surface area contributed by atoms with Crippen molar-refractivity contribution in [2.24, 2.45) is 4.99 Å². The van der Waals surface area contributed by atoms with Crippen LogP contribution in [-0.4, -0.2) is 23.3 Å². The highest BCUT2D eigenvalue weighted by molar-refractivity contribution is 6.19. The number of phenolic OH excluding ortho intramolecular Hbond substituents is 1. The summed E-state index contributed by atoms with van der Waals surface area (Å²) in [5.74, 6) is 0.0849. The third-order valence-corrected chi connectivity index (χ3v) is 2.98. The molecule has 1 heterocycles. The molecular weight excluding hydrogens is 240 g/mol. The minimum Gasteiger partial charge on any atom is -0.508 e. The highest BCUT2D eigenvalue weighted by Crippen LogP contribution is 2.23. The van der Waals surface area contributed by atoms with Crippen molar-refractivity contribution in [3.05, 3.63) is 59.7 Å². The number of amides is 1. The number of carbonyl (C=O) groups excluding carboxylic acids is 1. The van der Waals surface area contributed by atoms with Gasteiger partial charge in [-0.2, -0.15) is 0 Å². The number of hydrogen-bond donors (Lipinski definition) is 2. The molecule has 4 nitrogen and oxygen atoms in total. The lowest BCUT2D eigenvalue weighted by molar-refractivity contribution is -0.114. The van der Waals surface area contributed by atoms with Crippen molar-refractivity contribution < 1.29 is 9.90 Å². The van der Waals surface area contributed by atoms with Gasteiger partial charge in [0.25, 0.3) is 0 Å². The van der Waals surface area contributed by atoms with Crippen LogP contribution in [0.25, 0.3) is 0 Å². The summed E-state index contributed by atoms with van der Waals surface area (Å²) in [5.41, 5.74) is 3.28. The second-order valence-electron chi connectivity index (χ2n) is 4.31. The Balaban J connectivity index is 2.14. The van der Waals surface area contributed by atoms with E-state index < -0.39 is 0 Å². The summed E-state index contributed by atoms with van der Waals surface area (Å²) in [6, 6.07) is 14.4. The fourth-order valence-electron chi connectivity index (χ4n) is 2.09. The Morgan fingerprint density at radius 3 is 2.58 bits per heavy atom. The fraction of sp³-hybridized carbons (Fsp3) is 0.0667. The van der Waals surface area contributed by atoms with E-state index in [0.717, 1.165) is 22.5 Å². The van der Waals surface area contributed by atoms with E-state index in [9.17, 15) is 9.90 Å². The molecule has 1 aliphatic rings. The molecule has 0 saturated heterocycles. The van der Waals surface area contributed by atoms with E-state index in [-0.39, 0.29) is 18.2 Å². The summed E-state index contributed by atoms with van der Waals surface area (Å²) in [5, 5.41) is 12.2. The lowest BCUT2D eigenvalue weighted by atomic mass is 10.0. The predicted molar refractivity (Wildman–Crippen MR) is 73.7 cm³/mol.